The van der Waals surface area contributed by atoms with Crippen molar-refractivity contribution in [2.45, 2.75) is 13.1 Å². The summed E-state index contributed by atoms with van der Waals surface area (Å²) in [5.41, 5.74) is 2.14. The molecule has 0 spiro atoms. The van der Waals surface area contributed by atoms with E-state index in [-0.39, 0.29) is 11.1 Å². The summed E-state index contributed by atoms with van der Waals surface area (Å²) >= 11 is 1.32. The third kappa shape index (κ3) is 2.71. The van der Waals surface area contributed by atoms with Gasteiger partial charge in [-0.05, 0) is 29.2 Å². The van der Waals surface area contributed by atoms with Gasteiger partial charge in [0.1, 0.15) is 11.0 Å². The van der Waals surface area contributed by atoms with E-state index in [0.717, 1.165) is 21.3 Å². The molecular weight excluding hydrogens is 428 g/mol. The van der Waals surface area contributed by atoms with Gasteiger partial charge in [0.15, 0.2) is 0 Å². The third-order valence-electron chi connectivity index (χ3n) is 5.69. The first kappa shape index (κ1) is 18.6. The van der Waals surface area contributed by atoms with Crippen LogP contribution in [0.3, 0.4) is 0 Å². The zero-order valence-electron chi connectivity index (χ0n) is 16.9. The molecule has 1 aromatic carbocycles. The van der Waals surface area contributed by atoms with Crippen molar-refractivity contribution >= 4 is 44.2 Å². The molecule has 0 bridgehead atoms. The Morgan fingerprint density at radius 3 is 2.31 bits per heavy atom. The highest BCUT2D eigenvalue weighted by molar-refractivity contribution is 7.05. The summed E-state index contributed by atoms with van der Waals surface area (Å²) in [7, 11) is 1.73. The average Bonchev–Trinajstić information content (AvgIpc) is 3.53. The van der Waals surface area contributed by atoms with E-state index in [1.165, 1.54) is 20.9 Å². The molecule has 0 aliphatic rings. The highest BCUT2D eigenvalue weighted by Gasteiger charge is 2.18. The lowest BCUT2D eigenvalue weighted by molar-refractivity contribution is 0.645. The van der Waals surface area contributed by atoms with Crippen LogP contribution >= 0.6 is 11.5 Å². The summed E-state index contributed by atoms with van der Waals surface area (Å²) in [6.07, 6.45) is 6.68. The van der Waals surface area contributed by atoms with Crippen molar-refractivity contribution in [3.63, 3.8) is 0 Å². The van der Waals surface area contributed by atoms with Gasteiger partial charge >= 0.3 is 0 Å². The summed E-state index contributed by atoms with van der Waals surface area (Å²) in [4.78, 5) is 27.5. The van der Waals surface area contributed by atoms with Gasteiger partial charge < -0.3 is 4.57 Å². The van der Waals surface area contributed by atoms with Crippen LogP contribution in [-0.4, -0.2) is 38.7 Å². The van der Waals surface area contributed by atoms with Crippen LogP contribution in [0.2, 0.25) is 0 Å². The summed E-state index contributed by atoms with van der Waals surface area (Å²) in [5, 5.41) is 17.9. The van der Waals surface area contributed by atoms with Gasteiger partial charge in [-0.3, -0.25) is 14.7 Å². The minimum absolute atomic E-state index is 0.260. The second-order valence-electron chi connectivity index (χ2n) is 7.53. The molecule has 10 nitrogen and oxygen atoms in total. The Morgan fingerprint density at radius 2 is 1.62 bits per heavy atom. The molecule has 0 atom stereocenters. The molecule has 6 aromatic rings. The van der Waals surface area contributed by atoms with Crippen molar-refractivity contribution in [1.82, 2.24) is 38.7 Å². The Bertz CT molecular complexity index is 1740. The van der Waals surface area contributed by atoms with Crippen LogP contribution in [0.4, 0.5) is 0 Å². The van der Waals surface area contributed by atoms with Gasteiger partial charge in [-0.25, -0.2) is 13.7 Å². The number of hydrogen-bond acceptors (Lipinski definition) is 7. The first-order valence-electron chi connectivity index (χ1n) is 9.86. The highest BCUT2D eigenvalue weighted by Crippen LogP contribution is 2.23. The fourth-order valence-corrected chi connectivity index (χ4v) is 4.70. The molecule has 5 aromatic heterocycles. The van der Waals surface area contributed by atoms with E-state index >= 15 is 0 Å². The fourth-order valence-electron chi connectivity index (χ4n) is 4.14. The maximum Gasteiger partial charge on any atom is 0.291 e. The van der Waals surface area contributed by atoms with Crippen LogP contribution in [0.15, 0.2) is 58.6 Å². The number of H-pyrrole nitrogens is 1. The number of aromatic nitrogens is 8. The summed E-state index contributed by atoms with van der Waals surface area (Å²) in [6, 6.07) is 7.64. The second-order valence-corrected chi connectivity index (χ2v) is 8.44. The van der Waals surface area contributed by atoms with Crippen molar-refractivity contribution in [3.8, 4) is 0 Å². The maximum absolute atomic E-state index is 13.4. The van der Waals surface area contributed by atoms with Crippen molar-refractivity contribution in [1.29, 1.82) is 0 Å². The van der Waals surface area contributed by atoms with E-state index in [1.807, 2.05) is 24.3 Å². The summed E-state index contributed by atoms with van der Waals surface area (Å²) in [5.74, 6) is 0. The maximum atomic E-state index is 13.4. The van der Waals surface area contributed by atoms with Crippen LogP contribution in [0.25, 0.3) is 32.7 Å². The molecule has 1 N–H and O–H groups in total. The van der Waals surface area contributed by atoms with E-state index in [2.05, 4.69) is 24.8 Å². The first-order valence-corrected chi connectivity index (χ1v) is 10.6. The number of aryl methyl sites for hydroxylation is 1. The van der Waals surface area contributed by atoms with Crippen molar-refractivity contribution in [2.75, 3.05) is 0 Å². The molecule has 0 amide bonds. The van der Waals surface area contributed by atoms with Gasteiger partial charge in [-0.15, -0.1) is 0 Å². The molecule has 0 saturated heterocycles. The van der Waals surface area contributed by atoms with Gasteiger partial charge in [0.2, 0.25) is 0 Å². The largest absolute Gasteiger partial charge is 0.334 e. The van der Waals surface area contributed by atoms with Crippen LogP contribution in [0, 0.1) is 0 Å². The smallest absolute Gasteiger partial charge is 0.291 e. The Morgan fingerprint density at radius 1 is 0.906 bits per heavy atom. The molecule has 0 fully saturated rings. The van der Waals surface area contributed by atoms with Crippen molar-refractivity contribution < 1.29 is 0 Å². The topological polar surface area (TPSA) is 116 Å². The molecule has 5 heterocycles. The summed E-state index contributed by atoms with van der Waals surface area (Å²) in [6.45, 7) is 0.624. The van der Waals surface area contributed by atoms with Crippen LogP contribution in [0.5, 0.6) is 0 Å². The molecule has 6 rings (SSSR count). The van der Waals surface area contributed by atoms with Crippen molar-refractivity contribution in [3.05, 3.63) is 80.2 Å². The first-order chi connectivity index (χ1) is 15.6. The zero-order chi connectivity index (χ0) is 21.8. The minimum atomic E-state index is -0.268. The Hall–Kier alpha value is -4.12. The fraction of sp³-hybridized carbons (Fsp3) is 0.143. The molecule has 32 heavy (non-hydrogen) atoms. The van der Waals surface area contributed by atoms with E-state index in [9.17, 15) is 9.59 Å². The molecular formula is C21H16N8O2S. The number of aromatic amines is 1. The van der Waals surface area contributed by atoms with Gasteiger partial charge in [0.25, 0.3) is 11.1 Å². The molecule has 11 heteroatoms. The molecule has 158 valence electrons. The van der Waals surface area contributed by atoms with Crippen molar-refractivity contribution in [2.24, 2.45) is 7.05 Å². The van der Waals surface area contributed by atoms with Crippen LogP contribution in [0.1, 0.15) is 10.4 Å². The lowest BCUT2D eigenvalue weighted by Gasteiger charge is -2.06. The van der Waals surface area contributed by atoms with E-state index < -0.39 is 0 Å². The molecule has 0 radical (unpaired) electrons. The second kappa shape index (κ2) is 6.95. The molecule has 0 aliphatic heterocycles. The third-order valence-corrected chi connectivity index (χ3v) is 6.42. The monoisotopic (exact) mass is 444 g/mol. The van der Waals surface area contributed by atoms with E-state index in [1.54, 1.807) is 36.4 Å². The zero-order valence-corrected chi connectivity index (χ0v) is 17.7. The summed E-state index contributed by atoms with van der Waals surface area (Å²) < 4.78 is 8.52. The molecule has 0 aliphatic carbocycles. The predicted molar refractivity (Wildman–Crippen MR) is 121 cm³/mol. The number of benzene rings is 1. The Balaban J connectivity index is 1.51. The number of nitrogens with zero attached hydrogens (tertiary/aromatic N) is 7. The van der Waals surface area contributed by atoms with Crippen LogP contribution < -0.4 is 11.1 Å². The normalized spacial score (nSPS) is 11.8. The van der Waals surface area contributed by atoms with Crippen LogP contribution in [-0.2, 0) is 20.1 Å². The van der Waals surface area contributed by atoms with E-state index in [0.29, 0.717) is 34.9 Å². The SMILES string of the molecule is Cn1c2c(=O)n(Cc3ccns3)ncc2c2cnn(Cc3cccc4[nH]ncc34)c(=O)c21. The molecule has 0 saturated carbocycles. The number of hydrogen-bond donors (Lipinski definition) is 1. The van der Waals surface area contributed by atoms with Gasteiger partial charge in [-0.1, -0.05) is 12.1 Å². The molecule has 0 unspecified atom stereocenters. The lowest BCUT2D eigenvalue weighted by Crippen LogP contribution is -2.26. The van der Waals surface area contributed by atoms with Gasteiger partial charge in [0.05, 0.1) is 37.2 Å². The highest BCUT2D eigenvalue weighted by atomic mass is 32.1. The number of rotatable bonds is 4. The lowest BCUT2D eigenvalue weighted by atomic mass is 10.1. The number of nitrogens with one attached hydrogen (secondary N) is 1. The quantitative estimate of drug-likeness (QED) is 0.444. The Labute approximate surface area is 183 Å². The van der Waals surface area contributed by atoms with E-state index in [4.69, 9.17) is 0 Å². The number of fused-ring (bicyclic) bond motifs is 4. The van der Waals surface area contributed by atoms with Gasteiger partial charge in [-0.2, -0.15) is 15.3 Å². The average molecular weight is 444 g/mol. The Kier molecular flexibility index (Phi) is 4.05. The standard InChI is InChI=1S/C21H16N8O2S/c1-27-18-15(16-9-24-29(21(31)19(16)27)11-13-5-6-25-32-13)8-23-28(20(18)30)10-12-3-2-4-17-14(12)7-22-26-17/h2-9H,10-11H2,1H3,(H,22,26). The predicted octanol–water partition coefficient (Wildman–Crippen LogP) is 1.87. The van der Waals surface area contributed by atoms with Gasteiger partial charge in [0, 0.05) is 34.3 Å². The minimum Gasteiger partial charge on any atom is -0.334 e.